The maximum absolute atomic E-state index is 11.5. The van der Waals surface area contributed by atoms with E-state index in [0.29, 0.717) is 5.57 Å². The third kappa shape index (κ3) is 5.94. The number of carbonyl (C=O) groups is 1. The molecule has 1 atom stereocenters. The summed E-state index contributed by atoms with van der Waals surface area (Å²) >= 11 is 0. The van der Waals surface area contributed by atoms with Crippen molar-refractivity contribution in [3.8, 4) is 0 Å². The molecule has 0 spiro atoms. The zero-order valence-electron chi connectivity index (χ0n) is 11.3. The molecule has 0 fully saturated rings. The quantitative estimate of drug-likeness (QED) is 0.351. The predicted octanol–water partition coefficient (Wildman–Crippen LogP) is 4.24. The first-order valence-electron chi connectivity index (χ1n) is 6.34. The molecule has 0 amide bonds. The highest BCUT2D eigenvalue weighted by molar-refractivity contribution is 5.87. The van der Waals surface area contributed by atoms with Crippen molar-refractivity contribution in [3.05, 3.63) is 12.2 Å². The van der Waals surface area contributed by atoms with Crippen LogP contribution in [-0.4, -0.2) is 11.6 Å². The average molecular weight is 226 g/mol. The van der Waals surface area contributed by atoms with Crippen molar-refractivity contribution in [1.82, 2.24) is 0 Å². The Morgan fingerprint density at radius 1 is 1.25 bits per heavy atom. The van der Waals surface area contributed by atoms with Gasteiger partial charge in [0, 0.05) is 5.57 Å². The number of rotatable bonds is 8. The van der Waals surface area contributed by atoms with E-state index in [0.717, 1.165) is 19.3 Å². The first kappa shape index (κ1) is 15.2. The molecule has 0 heterocycles. The number of carbonyl (C=O) groups excluding carboxylic acids is 1. The van der Waals surface area contributed by atoms with Gasteiger partial charge in [-0.25, -0.2) is 4.79 Å². The monoisotopic (exact) mass is 226 g/mol. The summed E-state index contributed by atoms with van der Waals surface area (Å²) < 4.78 is 5.49. The number of unbranched alkanes of at least 4 members (excludes halogenated alkanes) is 3. The standard InChI is InChI=1S/C14H26O2/c1-6-8-9-10-11-14(5,7-2)16-13(15)12(3)4/h3,6-11H2,1-2,4-5H3. The van der Waals surface area contributed by atoms with Gasteiger partial charge in [0.05, 0.1) is 0 Å². The molecular formula is C14H26O2. The zero-order valence-corrected chi connectivity index (χ0v) is 11.3. The molecule has 0 aromatic heterocycles. The number of hydrogen-bond donors (Lipinski definition) is 0. The molecule has 94 valence electrons. The van der Waals surface area contributed by atoms with Crippen LogP contribution in [0.25, 0.3) is 0 Å². The third-order valence-electron chi connectivity index (χ3n) is 2.99. The Hall–Kier alpha value is -0.790. The maximum atomic E-state index is 11.5. The lowest BCUT2D eigenvalue weighted by molar-refractivity contribution is -0.154. The van der Waals surface area contributed by atoms with Gasteiger partial charge in [-0.1, -0.05) is 39.7 Å². The Bertz CT molecular complexity index is 233. The van der Waals surface area contributed by atoms with Crippen LogP contribution in [0, 0.1) is 0 Å². The molecule has 0 saturated carbocycles. The Morgan fingerprint density at radius 3 is 2.31 bits per heavy atom. The largest absolute Gasteiger partial charge is 0.456 e. The van der Waals surface area contributed by atoms with E-state index in [-0.39, 0.29) is 11.6 Å². The predicted molar refractivity (Wildman–Crippen MR) is 68.4 cm³/mol. The molecule has 2 nitrogen and oxygen atoms in total. The summed E-state index contributed by atoms with van der Waals surface area (Å²) in [6.45, 7) is 11.6. The van der Waals surface area contributed by atoms with Crippen LogP contribution in [0.4, 0.5) is 0 Å². The van der Waals surface area contributed by atoms with Crippen molar-refractivity contribution in [2.45, 2.75) is 71.8 Å². The number of ether oxygens (including phenoxy) is 1. The molecule has 16 heavy (non-hydrogen) atoms. The van der Waals surface area contributed by atoms with Crippen molar-refractivity contribution in [1.29, 1.82) is 0 Å². The lowest BCUT2D eigenvalue weighted by Gasteiger charge is -2.28. The molecule has 0 aromatic rings. The van der Waals surface area contributed by atoms with E-state index >= 15 is 0 Å². The fourth-order valence-electron chi connectivity index (χ4n) is 1.54. The van der Waals surface area contributed by atoms with Crippen LogP contribution in [0.1, 0.15) is 66.2 Å². The summed E-state index contributed by atoms with van der Waals surface area (Å²) in [5.74, 6) is -0.264. The minimum Gasteiger partial charge on any atom is -0.456 e. The first-order valence-corrected chi connectivity index (χ1v) is 6.34. The highest BCUT2D eigenvalue weighted by Gasteiger charge is 2.26. The van der Waals surface area contributed by atoms with Crippen molar-refractivity contribution in [2.75, 3.05) is 0 Å². The summed E-state index contributed by atoms with van der Waals surface area (Å²) in [6, 6.07) is 0. The van der Waals surface area contributed by atoms with Crippen LogP contribution >= 0.6 is 0 Å². The molecule has 1 unspecified atom stereocenters. The van der Waals surface area contributed by atoms with Gasteiger partial charge in [0.15, 0.2) is 0 Å². The Morgan fingerprint density at radius 2 is 1.88 bits per heavy atom. The van der Waals surface area contributed by atoms with Crippen LogP contribution in [-0.2, 0) is 9.53 Å². The summed E-state index contributed by atoms with van der Waals surface area (Å²) in [6.07, 6.45) is 6.64. The van der Waals surface area contributed by atoms with E-state index in [9.17, 15) is 4.79 Å². The van der Waals surface area contributed by atoms with Gasteiger partial charge in [0.1, 0.15) is 5.60 Å². The van der Waals surface area contributed by atoms with E-state index in [1.807, 2.05) is 6.92 Å². The lowest BCUT2D eigenvalue weighted by Crippen LogP contribution is -2.31. The third-order valence-corrected chi connectivity index (χ3v) is 2.99. The number of esters is 1. The van der Waals surface area contributed by atoms with Gasteiger partial charge >= 0.3 is 5.97 Å². The van der Waals surface area contributed by atoms with Crippen LogP contribution in [0.3, 0.4) is 0 Å². The highest BCUT2D eigenvalue weighted by atomic mass is 16.6. The zero-order chi connectivity index (χ0) is 12.6. The molecule has 0 aliphatic rings. The van der Waals surface area contributed by atoms with Gasteiger partial charge in [-0.15, -0.1) is 0 Å². The van der Waals surface area contributed by atoms with Crippen LogP contribution in [0.15, 0.2) is 12.2 Å². The van der Waals surface area contributed by atoms with Gasteiger partial charge < -0.3 is 4.74 Å². The molecule has 0 radical (unpaired) electrons. The van der Waals surface area contributed by atoms with Crippen LogP contribution in [0.5, 0.6) is 0 Å². The van der Waals surface area contributed by atoms with Gasteiger partial charge in [-0.3, -0.25) is 0 Å². The van der Waals surface area contributed by atoms with Crippen LogP contribution < -0.4 is 0 Å². The molecule has 0 aromatic carbocycles. The van der Waals surface area contributed by atoms with Crippen molar-refractivity contribution >= 4 is 5.97 Å². The lowest BCUT2D eigenvalue weighted by atomic mass is 9.95. The van der Waals surface area contributed by atoms with E-state index < -0.39 is 0 Å². The van der Waals surface area contributed by atoms with Gasteiger partial charge in [0.2, 0.25) is 0 Å². The molecular weight excluding hydrogens is 200 g/mol. The molecule has 0 rings (SSSR count). The maximum Gasteiger partial charge on any atom is 0.333 e. The minimum absolute atomic E-state index is 0.264. The van der Waals surface area contributed by atoms with E-state index in [2.05, 4.69) is 20.4 Å². The Balaban J connectivity index is 4.09. The normalized spacial score (nSPS) is 14.2. The molecule has 0 aliphatic carbocycles. The summed E-state index contributed by atoms with van der Waals surface area (Å²) in [5.41, 5.74) is 0.164. The second-order valence-corrected chi connectivity index (χ2v) is 4.78. The van der Waals surface area contributed by atoms with Gasteiger partial charge in [0.25, 0.3) is 0 Å². The number of hydrogen-bond acceptors (Lipinski definition) is 2. The topological polar surface area (TPSA) is 26.3 Å². The van der Waals surface area contributed by atoms with Crippen molar-refractivity contribution in [3.63, 3.8) is 0 Å². The fraction of sp³-hybridized carbons (Fsp3) is 0.786. The smallest absolute Gasteiger partial charge is 0.333 e. The van der Waals surface area contributed by atoms with Crippen molar-refractivity contribution < 1.29 is 9.53 Å². The molecule has 2 heteroatoms. The SMILES string of the molecule is C=C(C)C(=O)OC(C)(CC)CCCCCC. The van der Waals surface area contributed by atoms with Crippen molar-refractivity contribution in [2.24, 2.45) is 0 Å². The van der Waals surface area contributed by atoms with E-state index in [4.69, 9.17) is 4.74 Å². The van der Waals surface area contributed by atoms with Gasteiger partial charge in [-0.05, 0) is 33.1 Å². The molecule has 0 N–H and O–H groups in total. The van der Waals surface area contributed by atoms with E-state index in [1.54, 1.807) is 6.92 Å². The molecule has 0 saturated heterocycles. The average Bonchev–Trinajstić information content (AvgIpc) is 2.24. The summed E-state index contributed by atoms with van der Waals surface area (Å²) in [4.78, 5) is 11.5. The Kier molecular flexibility index (Phi) is 7.11. The minimum atomic E-state index is -0.316. The van der Waals surface area contributed by atoms with Crippen LogP contribution in [0.2, 0.25) is 0 Å². The molecule has 0 bridgehead atoms. The van der Waals surface area contributed by atoms with Gasteiger partial charge in [-0.2, -0.15) is 0 Å². The summed E-state index contributed by atoms with van der Waals surface area (Å²) in [7, 11) is 0. The first-order chi connectivity index (χ1) is 7.45. The van der Waals surface area contributed by atoms with E-state index in [1.165, 1.54) is 19.3 Å². The highest BCUT2D eigenvalue weighted by Crippen LogP contribution is 2.24. The molecule has 0 aliphatic heterocycles. The Labute approximate surface area is 100 Å². The second-order valence-electron chi connectivity index (χ2n) is 4.78. The fourth-order valence-corrected chi connectivity index (χ4v) is 1.54. The second kappa shape index (κ2) is 7.48. The summed E-state index contributed by atoms with van der Waals surface area (Å²) in [5, 5.41) is 0.